The van der Waals surface area contributed by atoms with Gasteiger partial charge in [0.15, 0.2) is 0 Å². The van der Waals surface area contributed by atoms with Gasteiger partial charge in [0.25, 0.3) is 5.91 Å². The summed E-state index contributed by atoms with van der Waals surface area (Å²) in [6.07, 6.45) is 2.28. The predicted octanol–water partition coefficient (Wildman–Crippen LogP) is 0.346. The van der Waals surface area contributed by atoms with Crippen LogP contribution in [0.3, 0.4) is 0 Å². The Morgan fingerprint density at radius 3 is 2.88 bits per heavy atom. The van der Waals surface area contributed by atoms with E-state index in [1.54, 1.807) is 6.92 Å². The molecule has 0 aliphatic carbocycles. The van der Waals surface area contributed by atoms with Gasteiger partial charge in [-0.1, -0.05) is 0 Å². The maximum atomic E-state index is 9.82. The number of carbonyl (C=O) groups is 1. The van der Waals surface area contributed by atoms with E-state index in [1.165, 1.54) is 6.26 Å². The fourth-order valence-electron chi connectivity index (χ4n) is 0.206. The summed E-state index contributed by atoms with van der Waals surface area (Å²) in [5.74, 6) is -0.738. The van der Waals surface area contributed by atoms with Crippen molar-refractivity contribution in [1.82, 2.24) is 5.73 Å². The second-order valence-electron chi connectivity index (χ2n) is 1.12. The Kier molecular flexibility index (Phi) is 3.66. The van der Waals surface area contributed by atoms with Crippen molar-refractivity contribution in [3.63, 3.8) is 0 Å². The number of amides is 1. The molecule has 0 heterocycles. The van der Waals surface area contributed by atoms with Crippen molar-refractivity contribution in [3.8, 4) is 0 Å². The van der Waals surface area contributed by atoms with Crippen molar-refractivity contribution >= 4 is 5.91 Å². The van der Waals surface area contributed by atoms with E-state index in [1.807, 2.05) is 0 Å². The van der Waals surface area contributed by atoms with Gasteiger partial charge in [-0.15, -0.1) is 0 Å². The fourth-order valence-corrected chi connectivity index (χ4v) is 0.206. The molecule has 0 aromatic carbocycles. The zero-order valence-corrected chi connectivity index (χ0v) is 4.68. The summed E-state index contributed by atoms with van der Waals surface area (Å²) in [5.41, 5.74) is 6.35. The lowest BCUT2D eigenvalue weighted by molar-refractivity contribution is -0.114. The van der Waals surface area contributed by atoms with Crippen LogP contribution in [0.25, 0.3) is 0 Å². The number of carbonyl (C=O) groups excluding carboxylic acids is 1. The van der Waals surface area contributed by atoms with Crippen LogP contribution in [0.5, 0.6) is 0 Å². The molecule has 1 N–H and O–H groups in total. The first-order chi connectivity index (χ1) is 3.77. The zero-order chi connectivity index (χ0) is 6.41. The molecule has 0 aliphatic rings. The molecule has 0 aromatic heterocycles. The van der Waals surface area contributed by atoms with Gasteiger partial charge in [-0.25, -0.2) is 0 Å². The third-order valence-electron chi connectivity index (χ3n) is 0.482. The molecule has 1 radical (unpaired) electrons. The van der Waals surface area contributed by atoms with E-state index in [9.17, 15) is 4.79 Å². The second kappa shape index (κ2) is 4.18. The predicted molar refractivity (Wildman–Crippen MR) is 28.9 cm³/mol. The molecular formula is C5H8NO2. The van der Waals surface area contributed by atoms with Crippen LogP contribution in [0.1, 0.15) is 6.92 Å². The Morgan fingerprint density at radius 1 is 1.88 bits per heavy atom. The minimum absolute atomic E-state index is 0.532. The summed E-state index contributed by atoms with van der Waals surface area (Å²) in [7, 11) is 0. The van der Waals surface area contributed by atoms with Crippen LogP contribution in [0, 0.1) is 0 Å². The van der Waals surface area contributed by atoms with E-state index in [-0.39, 0.29) is 0 Å². The number of hydrogen-bond acceptors (Lipinski definition) is 2. The van der Waals surface area contributed by atoms with E-state index in [0.29, 0.717) is 6.61 Å². The molecule has 3 nitrogen and oxygen atoms in total. The molecule has 0 spiro atoms. The van der Waals surface area contributed by atoms with Crippen molar-refractivity contribution in [3.05, 3.63) is 12.3 Å². The molecule has 0 aromatic rings. The van der Waals surface area contributed by atoms with E-state index in [2.05, 4.69) is 4.74 Å². The third-order valence-corrected chi connectivity index (χ3v) is 0.482. The smallest absolute Gasteiger partial charge is 0.265 e. The summed E-state index contributed by atoms with van der Waals surface area (Å²) < 4.78 is 4.62. The minimum Gasteiger partial charge on any atom is -0.501 e. The summed E-state index contributed by atoms with van der Waals surface area (Å²) in [4.78, 5) is 9.82. The Labute approximate surface area is 48.1 Å². The zero-order valence-electron chi connectivity index (χ0n) is 4.68. The first-order valence-electron chi connectivity index (χ1n) is 2.31. The van der Waals surface area contributed by atoms with E-state index in [0.717, 1.165) is 6.08 Å². The van der Waals surface area contributed by atoms with Gasteiger partial charge in [0.1, 0.15) is 0 Å². The summed E-state index contributed by atoms with van der Waals surface area (Å²) in [6.45, 7) is 2.34. The SMILES string of the molecule is CCOC=CC([NH])=O. The molecule has 45 valence electrons. The van der Waals surface area contributed by atoms with E-state index >= 15 is 0 Å². The molecule has 0 rings (SSSR count). The number of rotatable bonds is 3. The first-order valence-corrected chi connectivity index (χ1v) is 2.31. The van der Waals surface area contributed by atoms with E-state index < -0.39 is 5.91 Å². The summed E-state index contributed by atoms with van der Waals surface area (Å²) in [6, 6.07) is 0. The lowest BCUT2D eigenvalue weighted by Crippen LogP contribution is -1.90. The lowest BCUT2D eigenvalue weighted by Gasteiger charge is -1.87. The Bertz CT molecular complexity index is 98.6. The first kappa shape index (κ1) is 7.01. The number of nitrogens with one attached hydrogen (secondary N) is 1. The maximum absolute atomic E-state index is 9.82. The molecule has 0 saturated heterocycles. The third kappa shape index (κ3) is 5.01. The molecule has 0 bridgehead atoms. The summed E-state index contributed by atoms with van der Waals surface area (Å²) in [5, 5.41) is 0. The largest absolute Gasteiger partial charge is 0.501 e. The molecule has 3 heteroatoms. The van der Waals surface area contributed by atoms with Crippen LogP contribution >= 0.6 is 0 Å². The molecule has 0 aliphatic heterocycles. The van der Waals surface area contributed by atoms with Gasteiger partial charge in [-0.2, -0.15) is 0 Å². The average molecular weight is 114 g/mol. The van der Waals surface area contributed by atoms with Crippen LogP contribution in [0.2, 0.25) is 0 Å². The molecule has 1 amide bonds. The Balaban J connectivity index is 3.20. The van der Waals surface area contributed by atoms with Crippen LogP contribution in [0.4, 0.5) is 0 Å². The van der Waals surface area contributed by atoms with Crippen LogP contribution < -0.4 is 5.73 Å². The topological polar surface area (TPSA) is 50.1 Å². The van der Waals surface area contributed by atoms with Gasteiger partial charge in [0, 0.05) is 6.08 Å². The Morgan fingerprint density at radius 2 is 2.50 bits per heavy atom. The normalized spacial score (nSPS) is 9.62. The fraction of sp³-hybridized carbons (Fsp3) is 0.400. The van der Waals surface area contributed by atoms with Crippen molar-refractivity contribution in [2.24, 2.45) is 0 Å². The van der Waals surface area contributed by atoms with Gasteiger partial charge >= 0.3 is 0 Å². The second-order valence-corrected chi connectivity index (χ2v) is 1.12. The minimum atomic E-state index is -0.738. The number of hydrogen-bond donors (Lipinski definition) is 0. The molecule has 0 unspecified atom stereocenters. The van der Waals surface area contributed by atoms with Crippen LogP contribution in [-0.4, -0.2) is 12.5 Å². The molecule has 0 fully saturated rings. The van der Waals surface area contributed by atoms with E-state index in [4.69, 9.17) is 5.73 Å². The van der Waals surface area contributed by atoms with Gasteiger partial charge < -0.3 is 4.74 Å². The van der Waals surface area contributed by atoms with Gasteiger partial charge in [-0.05, 0) is 6.92 Å². The van der Waals surface area contributed by atoms with Crippen LogP contribution in [0.15, 0.2) is 12.3 Å². The van der Waals surface area contributed by atoms with Crippen molar-refractivity contribution in [2.75, 3.05) is 6.61 Å². The van der Waals surface area contributed by atoms with Crippen molar-refractivity contribution in [2.45, 2.75) is 6.92 Å². The van der Waals surface area contributed by atoms with Crippen molar-refractivity contribution in [1.29, 1.82) is 0 Å². The van der Waals surface area contributed by atoms with Gasteiger partial charge in [0.05, 0.1) is 12.9 Å². The monoisotopic (exact) mass is 114 g/mol. The van der Waals surface area contributed by atoms with Crippen molar-refractivity contribution < 1.29 is 9.53 Å². The molecule has 0 atom stereocenters. The highest BCUT2D eigenvalue weighted by Crippen LogP contribution is 1.74. The average Bonchev–Trinajstić information content (AvgIpc) is 1.66. The maximum Gasteiger partial charge on any atom is 0.265 e. The quantitative estimate of drug-likeness (QED) is 0.392. The van der Waals surface area contributed by atoms with Crippen LogP contribution in [-0.2, 0) is 9.53 Å². The highest BCUT2D eigenvalue weighted by Gasteiger charge is 1.80. The molecule has 8 heavy (non-hydrogen) atoms. The van der Waals surface area contributed by atoms with Gasteiger partial charge in [-0.3, -0.25) is 10.5 Å². The number of ether oxygens (including phenoxy) is 1. The highest BCUT2D eigenvalue weighted by atomic mass is 16.5. The van der Waals surface area contributed by atoms with Gasteiger partial charge in [0.2, 0.25) is 0 Å². The highest BCUT2D eigenvalue weighted by molar-refractivity contribution is 5.84. The summed E-state index contributed by atoms with van der Waals surface area (Å²) >= 11 is 0. The Hall–Kier alpha value is -0.990. The lowest BCUT2D eigenvalue weighted by atomic mass is 10.6. The standard InChI is InChI=1S/C5H8NO2/c1-2-8-4-3-5(6)7/h3-4,6H,2H2,1H3. The molecule has 0 saturated carbocycles. The molecular weight excluding hydrogens is 106 g/mol.